The van der Waals surface area contributed by atoms with E-state index in [0.717, 1.165) is 18.8 Å². The minimum Gasteiger partial charge on any atom is -0.329 e. The number of nitrogens with one attached hydrogen (secondary N) is 1. The van der Waals surface area contributed by atoms with Crippen LogP contribution in [0.5, 0.6) is 0 Å². The van der Waals surface area contributed by atoms with E-state index in [4.69, 9.17) is 12.2 Å². The molecule has 0 aromatic carbocycles. The molecule has 3 N–H and O–H groups in total. The molecule has 1 aliphatic rings. The van der Waals surface area contributed by atoms with Crippen molar-refractivity contribution < 1.29 is 0 Å². The van der Waals surface area contributed by atoms with Crippen LogP contribution in [0.3, 0.4) is 0 Å². The largest absolute Gasteiger partial charge is 0.329 e. The van der Waals surface area contributed by atoms with E-state index in [-0.39, 0.29) is 11.6 Å². The Kier molecular flexibility index (Phi) is 3.35. The van der Waals surface area contributed by atoms with Gasteiger partial charge in [-0.25, -0.2) is 0 Å². The van der Waals surface area contributed by atoms with Crippen LogP contribution in [0.25, 0.3) is 0 Å². The third-order valence-corrected chi connectivity index (χ3v) is 3.02. The third kappa shape index (κ3) is 2.46. The van der Waals surface area contributed by atoms with Crippen molar-refractivity contribution in [3.05, 3.63) is 0 Å². The van der Waals surface area contributed by atoms with Crippen LogP contribution in [0.1, 0.15) is 33.1 Å². The fourth-order valence-electron chi connectivity index (χ4n) is 2.27. The highest BCUT2D eigenvalue weighted by molar-refractivity contribution is 5.04. The molecule has 0 amide bonds. The summed E-state index contributed by atoms with van der Waals surface area (Å²) in [5.74, 6) is 3.48. The van der Waals surface area contributed by atoms with E-state index in [9.17, 15) is 0 Å². The lowest BCUT2D eigenvalue weighted by Gasteiger charge is -2.31. The molecule has 0 bridgehead atoms. The molecule has 2 heteroatoms. The summed E-state index contributed by atoms with van der Waals surface area (Å²) in [5.41, 5.74) is 5.92. The smallest absolute Gasteiger partial charge is 0.0663 e. The first-order valence-electron chi connectivity index (χ1n) is 5.06. The standard InChI is InChI=1S/C11H20N2/c1-4-10(3)13-11(8-12)6-5-9(2)7-11/h1,9-10,13H,5-8,12H2,2-3H3. The van der Waals surface area contributed by atoms with Gasteiger partial charge in [-0.1, -0.05) is 12.8 Å². The summed E-state index contributed by atoms with van der Waals surface area (Å²) in [7, 11) is 0. The Balaban J connectivity index is 2.56. The predicted octanol–water partition coefficient (Wildman–Crippen LogP) is 1.12. The van der Waals surface area contributed by atoms with Crippen LogP contribution in [-0.4, -0.2) is 18.1 Å². The molecule has 1 fully saturated rings. The summed E-state index contributed by atoms with van der Waals surface area (Å²) in [6.07, 6.45) is 8.94. The summed E-state index contributed by atoms with van der Waals surface area (Å²) in [5, 5.41) is 3.46. The molecule has 1 saturated carbocycles. The molecule has 1 rings (SSSR count). The van der Waals surface area contributed by atoms with Crippen molar-refractivity contribution in [1.82, 2.24) is 5.32 Å². The molecule has 0 spiro atoms. The summed E-state index contributed by atoms with van der Waals surface area (Å²) < 4.78 is 0. The van der Waals surface area contributed by atoms with Crippen LogP contribution in [-0.2, 0) is 0 Å². The minimum absolute atomic E-state index is 0.116. The van der Waals surface area contributed by atoms with Gasteiger partial charge in [-0.05, 0) is 32.1 Å². The van der Waals surface area contributed by atoms with Gasteiger partial charge in [0.2, 0.25) is 0 Å². The van der Waals surface area contributed by atoms with Crippen molar-refractivity contribution in [2.75, 3.05) is 6.54 Å². The number of terminal acetylenes is 1. The first-order chi connectivity index (χ1) is 6.12. The van der Waals surface area contributed by atoms with Gasteiger partial charge < -0.3 is 5.73 Å². The quantitative estimate of drug-likeness (QED) is 0.639. The lowest BCUT2D eigenvalue weighted by atomic mass is 9.95. The summed E-state index contributed by atoms with van der Waals surface area (Å²) in [6.45, 7) is 4.99. The normalized spacial score (nSPS) is 35.7. The van der Waals surface area contributed by atoms with Crippen LogP contribution in [0.2, 0.25) is 0 Å². The van der Waals surface area contributed by atoms with E-state index < -0.39 is 0 Å². The number of nitrogens with two attached hydrogens (primary N) is 1. The van der Waals surface area contributed by atoms with Gasteiger partial charge >= 0.3 is 0 Å². The van der Waals surface area contributed by atoms with Crippen LogP contribution < -0.4 is 11.1 Å². The molecule has 3 unspecified atom stereocenters. The Bertz CT molecular complexity index is 207. The first-order valence-corrected chi connectivity index (χ1v) is 5.06. The van der Waals surface area contributed by atoms with Gasteiger partial charge in [0.05, 0.1) is 6.04 Å². The van der Waals surface area contributed by atoms with E-state index in [1.165, 1.54) is 6.42 Å². The molecule has 2 nitrogen and oxygen atoms in total. The maximum Gasteiger partial charge on any atom is 0.0663 e. The van der Waals surface area contributed by atoms with Crippen LogP contribution in [0.4, 0.5) is 0 Å². The molecule has 13 heavy (non-hydrogen) atoms. The molecule has 1 aliphatic carbocycles. The fraction of sp³-hybridized carbons (Fsp3) is 0.818. The molecule has 0 aromatic heterocycles. The monoisotopic (exact) mass is 180 g/mol. The highest BCUT2D eigenvalue weighted by Gasteiger charge is 2.36. The molecule has 0 aliphatic heterocycles. The molecule has 0 saturated heterocycles. The van der Waals surface area contributed by atoms with Crippen LogP contribution >= 0.6 is 0 Å². The lowest BCUT2D eigenvalue weighted by molar-refractivity contribution is 0.319. The van der Waals surface area contributed by atoms with Gasteiger partial charge in [0, 0.05) is 12.1 Å². The molecular formula is C11H20N2. The summed E-state index contributed by atoms with van der Waals surface area (Å²) >= 11 is 0. The predicted molar refractivity (Wildman–Crippen MR) is 56.2 cm³/mol. The Labute approximate surface area is 81.3 Å². The second-order valence-electron chi connectivity index (χ2n) is 4.37. The van der Waals surface area contributed by atoms with Crippen molar-refractivity contribution in [3.63, 3.8) is 0 Å². The van der Waals surface area contributed by atoms with Gasteiger partial charge in [0.25, 0.3) is 0 Å². The zero-order valence-electron chi connectivity index (χ0n) is 8.64. The topological polar surface area (TPSA) is 38.0 Å². The molecule has 3 atom stereocenters. The minimum atomic E-state index is 0.116. The second kappa shape index (κ2) is 4.13. The van der Waals surface area contributed by atoms with Crippen LogP contribution in [0, 0.1) is 18.3 Å². The van der Waals surface area contributed by atoms with Crippen molar-refractivity contribution in [2.24, 2.45) is 11.7 Å². The van der Waals surface area contributed by atoms with Crippen molar-refractivity contribution in [2.45, 2.75) is 44.7 Å². The highest BCUT2D eigenvalue weighted by atomic mass is 15.0. The molecule has 0 heterocycles. The summed E-state index contributed by atoms with van der Waals surface area (Å²) in [4.78, 5) is 0. The van der Waals surface area contributed by atoms with Gasteiger partial charge in [-0.2, -0.15) is 0 Å². The maximum atomic E-state index is 5.80. The molecule has 0 radical (unpaired) electrons. The second-order valence-corrected chi connectivity index (χ2v) is 4.37. The summed E-state index contributed by atoms with van der Waals surface area (Å²) in [6, 6.07) is 0.133. The van der Waals surface area contributed by atoms with Gasteiger partial charge in [0.15, 0.2) is 0 Å². The number of hydrogen-bond acceptors (Lipinski definition) is 2. The van der Waals surface area contributed by atoms with Gasteiger partial charge in [-0.15, -0.1) is 6.42 Å². The highest BCUT2D eigenvalue weighted by Crippen LogP contribution is 2.33. The van der Waals surface area contributed by atoms with Gasteiger partial charge in [0.1, 0.15) is 0 Å². The van der Waals surface area contributed by atoms with Crippen molar-refractivity contribution in [3.8, 4) is 12.3 Å². The number of hydrogen-bond donors (Lipinski definition) is 2. The van der Waals surface area contributed by atoms with E-state index in [2.05, 4.69) is 18.2 Å². The van der Waals surface area contributed by atoms with Crippen LogP contribution in [0.15, 0.2) is 0 Å². The van der Waals surface area contributed by atoms with E-state index in [1.54, 1.807) is 0 Å². The zero-order chi connectivity index (χ0) is 9.90. The first kappa shape index (κ1) is 10.6. The molecule has 0 aromatic rings. The Morgan fingerprint density at radius 1 is 1.77 bits per heavy atom. The third-order valence-electron chi connectivity index (χ3n) is 3.02. The van der Waals surface area contributed by atoms with Gasteiger partial charge in [-0.3, -0.25) is 5.32 Å². The number of rotatable bonds is 3. The Morgan fingerprint density at radius 2 is 2.46 bits per heavy atom. The molecule has 74 valence electrons. The van der Waals surface area contributed by atoms with Crippen molar-refractivity contribution in [1.29, 1.82) is 0 Å². The van der Waals surface area contributed by atoms with E-state index >= 15 is 0 Å². The van der Waals surface area contributed by atoms with Crippen molar-refractivity contribution >= 4 is 0 Å². The Hall–Kier alpha value is -0.520. The van der Waals surface area contributed by atoms with E-state index in [1.807, 2.05) is 6.92 Å². The SMILES string of the molecule is C#CC(C)NC1(CN)CCC(C)C1. The van der Waals surface area contributed by atoms with E-state index in [0.29, 0.717) is 6.54 Å². The lowest BCUT2D eigenvalue weighted by Crippen LogP contribution is -2.52. The average molecular weight is 180 g/mol. The Morgan fingerprint density at radius 3 is 2.85 bits per heavy atom. The molecular weight excluding hydrogens is 160 g/mol. The maximum absolute atomic E-state index is 5.80. The fourth-order valence-corrected chi connectivity index (χ4v) is 2.27. The zero-order valence-corrected chi connectivity index (χ0v) is 8.64. The average Bonchev–Trinajstić information content (AvgIpc) is 2.48.